The summed E-state index contributed by atoms with van der Waals surface area (Å²) in [6, 6.07) is 0. The molecule has 1 aliphatic rings. The standard InChI is InChI=1S/C28H35N/c1-6-10-13-14-16-20-27(23-25(5)18-15-11-7-2)28(24-29-21-17-22-29)26(9-4)19-12-8-3/h6-19,21H,1-2,4,20,22-24H2,3,5H3/b12-8-,13-10-,15-11-,16-14-,25-18-,26-19+,28-27+. The van der Waals surface area contributed by atoms with Gasteiger partial charge in [-0.05, 0) is 50.1 Å². The Morgan fingerprint density at radius 1 is 0.966 bits per heavy atom. The van der Waals surface area contributed by atoms with Gasteiger partial charge in [0.1, 0.15) is 0 Å². The summed E-state index contributed by atoms with van der Waals surface area (Å²) >= 11 is 0. The van der Waals surface area contributed by atoms with E-state index >= 15 is 0 Å². The quantitative estimate of drug-likeness (QED) is 0.295. The van der Waals surface area contributed by atoms with Gasteiger partial charge in [-0.25, -0.2) is 0 Å². The van der Waals surface area contributed by atoms with Crippen LogP contribution in [0.1, 0.15) is 26.7 Å². The fourth-order valence-corrected chi connectivity index (χ4v) is 2.90. The zero-order valence-electron chi connectivity index (χ0n) is 18.1. The Morgan fingerprint density at radius 2 is 1.69 bits per heavy atom. The number of rotatable bonds is 13. The molecule has 0 bridgehead atoms. The van der Waals surface area contributed by atoms with Gasteiger partial charge in [-0.3, -0.25) is 0 Å². The third kappa shape index (κ3) is 9.62. The third-order valence-electron chi connectivity index (χ3n) is 4.46. The van der Waals surface area contributed by atoms with Gasteiger partial charge in [0.05, 0.1) is 0 Å². The molecule has 1 nitrogen and oxygen atoms in total. The van der Waals surface area contributed by atoms with Crippen LogP contribution in [0.5, 0.6) is 0 Å². The Kier molecular flexibility index (Phi) is 12.3. The third-order valence-corrected chi connectivity index (χ3v) is 4.46. The van der Waals surface area contributed by atoms with Crippen molar-refractivity contribution in [3.05, 3.63) is 133 Å². The van der Waals surface area contributed by atoms with E-state index in [1.54, 1.807) is 12.2 Å². The zero-order valence-corrected chi connectivity index (χ0v) is 18.1. The first-order chi connectivity index (χ1) is 14.2. The average Bonchev–Trinajstić information content (AvgIpc) is 2.68. The van der Waals surface area contributed by atoms with Gasteiger partial charge in [0, 0.05) is 13.1 Å². The molecule has 0 aromatic heterocycles. The molecular weight excluding hydrogens is 350 g/mol. The van der Waals surface area contributed by atoms with E-state index in [0.29, 0.717) is 0 Å². The van der Waals surface area contributed by atoms with Crippen LogP contribution in [0.25, 0.3) is 0 Å². The summed E-state index contributed by atoms with van der Waals surface area (Å²) in [5.74, 6) is 0. The Balaban J connectivity index is 3.34. The molecule has 1 rings (SSSR count). The summed E-state index contributed by atoms with van der Waals surface area (Å²) in [6.45, 7) is 17.6. The van der Waals surface area contributed by atoms with Crippen LogP contribution in [0.3, 0.4) is 0 Å². The minimum Gasteiger partial charge on any atom is -0.370 e. The van der Waals surface area contributed by atoms with Crippen molar-refractivity contribution in [2.75, 3.05) is 13.1 Å². The molecule has 1 heterocycles. The highest BCUT2D eigenvalue weighted by Gasteiger charge is 2.14. The second-order valence-corrected chi connectivity index (χ2v) is 6.81. The van der Waals surface area contributed by atoms with Crippen LogP contribution in [-0.4, -0.2) is 18.0 Å². The van der Waals surface area contributed by atoms with Crippen LogP contribution in [0, 0.1) is 0 Å². The van der Waals surface area contributed by atoms with E-state index in [1.807, 2.05) is 37.3 Å². The summed E-state index contributed by atoms with van der Waals surface area (Å²) < 4.78 is 0. The maximum Gasteiger partial charge on any atom is 0.0433 e. The Labute approximate surface area is 178 Å². The van der Waals surface area contributed by atoms with Crippen molar-refractivity contribution in [3.8, 4) is 0 Å². The fourth-order valence-electron chi connectivity index (χ4n) is 2.90. The second kappa shape index (κ2) is 14.9. The molecule has 0 spiro atoms. The molecule has 152 valence electrons. The van der Waals surface area contributed by atoms with Crippen molar-refractivity contribution in [1.29, 1.82) is 0 Å². The van der Waals surface area contributed by atoms with Crippen molar-refractivity contribution in [3.63, 3.8) is 0 Å². The molecule has 1 heteroatoms. The molecule has 1 aliphatic heterocycles. The maximum atomic E-state index is 4.08. The lowest BCUT2D eigenvalue weighted by Gasteiger charge is -2.28. The molecule has 0 amide bonds. The predicted octanol–water partition coefficient (Wildman–Crippen LogP) is 7.57. The largest absolute Gasteiger partial charge is 0.370 e. The van der Waals surface area contributed by atoms with Gasteiger partial charge in [-0.1, -0.05) is 110 Å². The molecule has 0 saturated heterocycles. The molecule has 0 radical (unpaired) electrons. The highest BCUT2D eigenvalue weighted by atomic mass is 15.1. The first-order valence-corrected chi connectivity index (χ1v) is 10.1. The molecule has 0 atom stereocenters. The Bertz CT molecular complexity index is 788. The number of hydrogen-bond donors (Lipinski definition) is 0. The predicted molar refractivity (Wildman–Crippen MR) is 132 cm³/mol. The number of nitrogens with zero attached hydrogens (tertiary/aromatic N) is 1. The summed E-state index contributed by atoms with van der Waals surface area (Å²) in [5.41, 5.74) is 5.26. The average molecular weight is 386 g/mol. The zero-order chi connectivity index (χ0) is 21.3. The van der Waals surface area contributed by atoms with Crippen molar-refractivity contribution in [2.45, 2.75) is 26.7 Å². The molecule has 0 unspecified atom stereocenters. The van der Waals surface area contributed by atoms with Crippen LogP contribution in [-0.2, 0) is 0 Å². The summed E-state index contributed by atoms with van der Waals surface area (Å²) in [6.07, 6.45) is 32.4. The van der Waals surface area contributed by atoms with E-state index in [1.165, 1.54) is 22.3 Å². The lowest BCUT2D eigenvalue weighted by molar-refractivity contribution is 0.407. The van der Waals surface area contributed by atoms with Crippen LogP contribution in [0.4, 0.5) is 0 Å². The summed E-state index contributed by atoms with van der Waals surface area (Å²) in [5, 5.41) is 0. The van der Waals surface area contributed by atoms with Crippen molar-refractivity contribution in [1.82, 2.24) is 4.90 Å². The SMILES string of the molecule is C=C/C=C\C=C/C\C(C/C(C)=C\C=C/C=C)=C(CN1C=CC1)/C(C=C)=C/C=C\C. The Hall–Kier alpha value is -3.06. The smallest absolute Gasteiger partial charge is 0.0433 e. The summed E-state index contributed by atoms with van der Waals surface area (Å²) in [7, 11) is 0. The summed E-state index contributed by atoms with van der Waals surface area (Å²) in [4.78, 5) is 2.33. The minimum absolute atomic E-state index is 0.895. The van der Waals surface area contributed by atoms with Gasteiger partial charge in [-0.15, -0.1) is 0 Å². The molecular formula is C28H35N. The van der Waals surface area contributed by atoms with Gasteiger partial charge in [0.25, 0.3) is 0 Å². The number of hydrogen-bond acceptors (Lipinski definition) is 1. The van der Waals surface area contributed by atoms with Crippen LogP contribution >= 0.6 is 0 Å². The molecule has 0 saturated carbocycles. The first-order valence-electron chi connectivity index (χ1n) is 10.1. The van der Waals surface area contributed by atoms with Gasteiger partial charge in [0.15, 0.2) is 0 Å². The van der Waals surface area contributed by atoms with Crippen LogP contribution in [0.2, 0.25) is 0 Å². The van der Waals surface area contributed by atoms with Crippen molar-refractivity contribution in [2.24, 2.45) is 0 Å². The van der Waals surface area contributed by atoms with Gasteiger partial charge >= 0.3 is 0 Å². The Morgan fingerprint density at radius 3 is 2.28 bits per heavy atom. The second-order valence-electron chi connectivity index (χ2n) is 6.81. The maximum absolute atomic E-state index is 4.08. The minimum atomic E-state index is 0.895. The van der Waals surface area contributed by atoms with Gasteiger partial charge in [-0.2, -0.15) is 0 Å². The molecule has 29 heavy (non-hydrogen) atoms. The highest BCUT2D eigenvalue weighted by molar-refractivity contribution is 5.47. The van der Waals surface area contributed by atoms with Crippen molar-refractivity contribution < 1.29 is 0 Å². The van der Waals surface area contributed by atoms with E-state index in [2.05, 4.69) is 80.3 Å². The fraction of sp³-hybridized carbons (Fsp3) is 0.214. The molecule has 0 aromatic carbocycles. The molecule has 0 aromatic rings. The molecule has 0 fully saturated rings. The monoisotopic (exact) mass is 385 g/mol. The lowest BCUT2D eigenvalue weighted by atomic mass is 9.91. The van der Waals surface area contributed by atoms with E-state index in [0.717, 1.165) is 25.9 Å². The van der Waals surface area contributed by atoms with E-state index in [-0.39, 0.29) is 0 Å². The topological polar surface area (TPSA) is 3.24 Å². The normalized spacial score (nSPS) is 16.1. The first kappa shape index (κ1) is 24.0. The van der Waals surface area contributed by atoms with Gasteiger partial charge in [0.2, 0.25) is 0 Å². The number of allylic oxidation sites excluding steroid dienone is 15. The molecule has 0 aliphatic carbocycles. The van der Waals surface area contributed by atoms with E-state index in [9.17, 15) is 0 Å². The van der Waals surface area contributed by atoms with Crippen LogP contribution in [0.15, 0.2) is 133 Å². The van der Waals surface area contributed by atoms with Crippen LogP contribution < -0.4 is 0 Å². The van der Waals surface area contributed by atoms with Crippen molar-refractivity contribution >= 4 is 0 Å². The van der Waals surface area contributed by atoms with E-state index in [4.69, 9.17) is 0 Å². The van der Waals surface area contributed by atoms with E-state index < -0.39 is 0 Å². The highest BCUT2D eigenvalue weighted by Crippen LogP contribution is 2.27. The van der Waals surface area contributed by atoms with Gasteiger partial charge < -0.3 is 4.90 Å². The lowest BCUT2D eigenvalue weighted by Crippen LogP contribution is -2.27. The molecule has 0 N–H and O–H groups in total.